The normalized spacial score (nSPS) is 22.4. The molecule has 0 aromatic rings. The maximum atomic E-state index is 11.5. The molecule has 0 aromatic heterocycles. The minimum atomic E-state index is 0.458. The summed E-state index contributed by atoms with van der Waals surface area (Å²) in [6.07, 6.45) is 18.7. The minimum Gasteiger partial charge on any atom is -0.300 e. The molecule has 0 N–H and O–H groups in total. The summed E-state index contributed by atoms with van der Waals surface area (Å²) in [5.74, 6) is 0.458. The van der Waals surface area contributed by atoms with Crippen LogP contribution in [0.1, 0.15) is 77.0 Å². The van der Waals surface area contributed by atoms with Crippen LogP contribution in [0, 0.1) is 0 Å². The Balaban J connectivity index is 2.20. The molecule has 0 saturated heterocycles. The van der Waals surface area contributed by atoms with Crippen LogP contribution >= 0.6 is 0 Å². The number of ketones is 1. The fourth-order valence-electron chi connectivity index (χ4n) is 2.25. The van der Waals surface area contributed by atoms with Crippen molar-refractivity contribution in [3.63, 3.8) is 0 Å². The summed E-state index contributed by atoms with van der Waals surface area (Å²) in [5, 5.41) is 0. The summed E-state index contributed by atoms with van der Waals surface area (Å²) in [4.78, 5) is 11.5. The molecule has 1 heteroatoms. The van der Waals surface area contributed by atoms with Gasteiger partial charge in [0.15, 0.2) is 0 Å². The van der Waals surface area contributed by atoms with Gasteiger partial charge in [0, 0.05) is 12.8 Å². The zero-order chi connectivity index (χ0) is 11.5. The van der Waals surface area contributed by atoms with Gasteiger partial charge >= 0.3 is 0 Å². The zero-order valence-electron chi connectivity index (χ0n) is 10.5. The van der Waals surface area contributed by atoms with Crippen LogP contribution in [0.15, 0.2) is 12.2 Å². The average molecular weight is 222 g/mol. The molecule has 0 spiro atoms. The molecule has 0 bridgehead atoms. The maximum absolute atomic E-state index is 11.5. The van der Waals surface area contributed by atoms with Crippen LogP contribution in [-0.2, 0) is 4.79 Å². The number of hydrogen-bond acceptors (Lipinski definition) is 1. The molecule has 1 aliphatic carbocycles. The summed E-state index contributed by atoms with van der Waals surface area (Å²) in [6.45, 7) is 0. The minimum absolute atomic E-state index is 0.458. The monoisotopic (exact) mass is 222 g/mol. The van der Waals surface area contributed by atoms with Gasteiger partial charge in [0.05, 0.1) is 0 Å². The van der Waals surface area contributed by atoms with Crippen LogP contribution in [0.3, 0.4) is 0 Å². The molecule has 0 fully saturated rings. The molecule has 1 nitrogen and oxygen atoms in total. The Kier molecular flexibility index (Phi) is 8.10. The van der Waals surface area contributed by atoms with E-state index in [-0.39, 0.29) is 0 Å². The van der Waals surface area contributed by atoms with Gasteiger partial charge in [0.2, 0.25) is 0 Å². The second kappa shape index (κ2) is 9.62. The lowest BCUT2D eigenvalue weighted by Crippen LogP contribution is -1.96. The third kappa shape index (κ3) is 7.67. The van der Waals surface area contributed by atoms with Crippen molar-refractivity contribution < 1.29 is 4.79 Å². The van der Waals surface area contributed by atoms with Crippen molar-refractivity contribution in [3.05, 3.63) is 12.2 Å². The predicted octanol–water partition coefficient (Wildman–Crippen LogP) is 4.81. The third-order valence-electron chi connectivity index (χ3n) is 3.33. The zero-order valence-corrected chi connectivity index (χ0v) is 10.5. The quantitative estimate of drug-likeness (QED) is 0.538. The molecule has 1 rings (SSSR count). The van der Waals surface area contributed by atoms with Gasteiger partial charge in [0.1, 0.15) is 5.78 Å². The van der Waals surface area contributed by atoms with Crippen LogP contribution in [0.5, 0.6) is 0 Å². The molecule has 0 aliphatic heterocycles. The Morgan fingerprint density at radius 1 is 0.625 bits per heavy atom. The second-order valence-electron chi connectivity index (χ2n) is 4.92. The van der Waals surface area contributed by atoms with E-state index in [1.54, 1.807) is 0 Å². The van der Waals surface area contributed by atoms with E-state index in [2.05, 4.69) is 12.2 Å². The van der Waals surface area contributed by atoms with Crippen molar-refractivity contribution in [2.45, 2.75) is 77.0 Å². The van der Waals surface area contributed by atoms with Crippen LogP contribution in [0.2, 0.25) is 0 Å². The van der Waals surface area contributed by atoms with E-state index in [0.29, 0.717) is 5.78 Å². The molecular formula is C15H26O. The lowest BCUT2D eigenvalue weighted by atomic mass is 10.0. The summed E-state index contributed by atoms with van der Waals surface area (Å²) in [5.41, 5.74) is 0. The van der Waals surface area contributed by atoms with Crippen molar-refractivity contribution in [2.24, 2.45) is 0 Å². The van der Waals surface area contributed by atoms with Gasteiger partial charge in [-0.05, 0) is 25.7 Å². The van der Waals surface area contributed by atoms with E-state index in [0.717, 1.165) is 25.7 Å². The molecule has 0 saturated carbocycles. The molecule has 92 valence electrons. The van der Waals surface area contributed by atoms with Gasteiger partial charge in [-0.1, -0.05) is 50.7 Å². The first-order chi connectivity index (χ1) is 7.89. The van der Waals surface area contributed by atoms with E-state index in [4.69, 9.17) is 0 Å². The van der Waals surface area contributed by atoms with E-state index in [1.165, 1.54) is 51.4 Å². The second-order valence-corrected chi connectivity index (χ2v) is 4.92. The number of carbonyl (C=O) groups excluding carboxylic acids is 1. The lowest BCUT2D eigenvalue weighted by molar-refractivity contribution is -0.119. The largest absolute Gasteiger partial charge is 0.300 e. The summed E-state index contributed by atoms with van der Waals surface area (Å²) in [6, 6.07) is 0. The Labute approximate surface area is 100 Å². The number of Topliss-reactive ketones (excluding diaryl/α,β-unsaturated/α-hetero) is 1. The van der Waals surface area contributed by atoms with Crippen molar-refractivity contribution in [2.75, 3.05) is 0 Å². The SMILES string of the molecule is O=C1CCC=CCCCCCCCCCC1. The standard InChI is InChI=1S/C15H26O/c16-15-13-11-9-7-5-3-1-2-4-6-8-10-12-14-15/h7,9H,1-6,8,10-14H2. The Bertz CT molecular complexity index is 205. The first-order valence-corrected chi connectivity index (χ1v) is 7.06. The number of allylic oxidation sites excluding steroid dienone is 2. The molecular weight excluding hydrogens is 196 g/mol. The van der Waals surface area contributed by atoms with Crippen molar-refractivity contribution in [3.8, 4) is 0 Å². The van der Waals surface area contributed by atoms with Gasteiger partial charge < -0.3 is 0 Å². The molecule has 0 radical (unpaired) electrons. The number of hydrogen-bond donors (Lipinski definition) is 0. The van der Waals surface area contributed by atoms with Crippen LogP contribution in [-0.4, -0.2) is 5.78 Å². The number of rotatable bonds is 0. The summed E-state index contributed by atoms with van der Waals surface area (Å²) >= 11 is 0. The van der Waals surface area contributed by atoms with Gasteiger partial charge in [0.25, 0.3) is 0 Å². The van der Waals surface area contributed by atoms with E-state index in [9.17, 15) is 4.79 Å². The number of carbonyl (C=O) groups is 1. The highest BCUT2D eigenvalue weighted by atomic mass is 16.1. The molecule has 0 amide bonds. The van der Waals surface area contributed by atoms with Gasteiger partial charge in [-0.3, -0.25) is 4.79 Å². The molecule has 1 aliphatic rings. The van der Waals surface area contributed by atoms with Crippen LogP contribution in [0.25, 0.3) is 0 Å². The predicted molar refractivity (Wildman–Crippen MR) is 69.6 cm³/mol. The van der Waals surface area contributed by atoms with Crippen molar-refractivity contribution >= 4 is 5.78 Å². The molecule has 0 unspecified atom stereocenters. The third-order valence-corrected chi connectivity index (χ3v) is 3.33. The smallest absolute Gasteiger partial charge is 0.133 e. The lowest BCUT2D eigenvalue weighted by Gasteiger charge is -2.01. The topological polar surface area (TPSA) is 17.1 Å². The first-order valence-electron chi connectivity index (χ1n) is 7.06. The van der Waals surface area contributed by atoms with Gasteiger partial charge in [-0.25, -0.2) is 0 Å². The Morgan fingerprint density at radius 3 is 1.94 bits per heavy atom. The maximum Gasteiger partial charge on any atom is 0.133 e. The van der Waals surface area contributed by atoms with Crippen molar-refractivity contribution in [1.82, 2.24) is 0 Å². The summed E-state index contributed by atoms with van der Waals surface area (Å²) in [7, 11) is 0. The summed E-state index contributed by atoms with van der Waals surface area (Å²) < 4.78 is 0. The van der Waals surface area contributed by atoms with E-state index in [1.807, 2.05) is 0 Å². The molecule has 0 aromatic carbocycles. The van der Waals surface area contributed by atoms with E-state index < -0.39 is 0 Å². The highest BCUT2D eigenvalue weighted by Gasteiger charge is 2.00. The Morgan fingerprint density at radius 2 is 1.19 bits per heavy atom. The molecule has 0 atom stereocenters. The van der Waals surface area contributed by atoms with Crippen molar-refractivity contribution in [1.29, 1.82) is 0 Å². The fourth-order valence-corrected chi connectivity index (χ4v) is 2.25. The molecule has 0 heterocycles. The van der Waals surface area contributed by atoms with Crippen LogP contribution < -0.4 is 0 Å². The van der Waals surface area contributed by atoms with Gasteiger partial charge in [-0.2, -0.15) is 0 Å². The van der Waals surface area contributed by atoms with Crippen LogP contribution in [0.4, 0.5) is 0 Å². The van der Waals surface area contributed by atoms with Gasteiger partial charge in [-0.15, -0.1) is 0 Å². The highest BCUT2D eigenvalue weighted by molar-refractivity contribution is 5.78. The Hall–Kier alpha value is -0.590. The van der Waals surface area contributed by atoms with E-state index >= 15 is 0 Å². The highest BCUT2D eigenvalue weighted by Crippen LogP contribution is 2.12. The average Bonchev–Trinajstić information content (AvgIpc) is 2.29. The molecule has 16 heavy (non-hydrogen) atoms. The fraction of sp³-hybridized carbons (Fsp3) is 0.800. The first kappa shape index (κ1) is 13.5.